The minimum Gasteiger partial charge on any atom is -0.406 e. The Morgan fingerprint density at radius 1 is 1.17 bits per heavy atom. The molecule has 0 bridgehead atoms. The number of fused-ring (bicyclic) bond motifs is 1. The number of amides is 1. The second-order valence-corrected chi connectivity index (χ2v) is 6.57. The van der Waals surface area contributed by atoms with Crippen LogP contribution in [0.2, 0.25) is 0 Å². The van der Waals surface area contributed by atoms with Gasteiger partial charge in [0.15, 0.2) is 0 Å². The standard InChI is InChI=1S/C19H20F3N5O2/c1-27(2)10-9-23-17(28)12-3-8-15-16(11-12)26-18(25-15)24-13-4-6-14(7-5-13)29-19(20,21)22/h3-8,11H,9-10H2,1-2H3,(H,23,28)(H2,24,25,26). The SMILES string of the molecule is CN(C)CCNC(=O)c1ccc2[nH]c(Nc3ccc(OC(F)(F)F)cc3)nc2c1. The molecule has 0 saturated carbocycles. The second kappa shape index (κ2) is 8.39. The molecule has 0 aliphatic carbocycles. The molecule has 1 amide bonds. The number of ether oxygens (including phenoxy) is 1. The smallest absolute Gasteiger partial charge is 0.406 e. The maximum atomic E-state index is 12.2. The molecule has 3 aromatic rings. The monoisotopic (exact) mass is 407 g/mol. The minimum atomic E-state index is -4.73. The zero-order chi connectivity index (χ0) is 21.0. The average Bonchev–Trinajstić information content (AvgIpc) is 3.03. The average molecular weight is 407 g/mol. The summed E-state index contributed by atoms with van der Waals surface area (Å²) >= 11 is 0. The third-order valence-corrected chi connectivity index (χ3v) is 3.94. The number of aromatic amines is 1. The third kappa shape index (κ3) is 5.85. The van der Waals surface area contributed by atoms with Crippen molar-refractivity contribution in [1.29, 1.82) is 0 Å². The first-order valence-corrected chi connectivity index (χ1v) is 8.75. The normalized spacial score (nSPS) is 11.7. The Balaban J connectivity index is 1.67. The van der Waals surface area contributed by atoms with Gasteiger partial charge in [0.2, 0.25) is 5.95 Å². The van der Waals surface area contributed by atoms with E-state index < -0.39 is 6.36 Å². The van der Waals surface area contributed by atoms with Gasteiger partial charge < -0.3 is 25.3 Å². The van der Waals surface area contributed by atoms with Crippen molar-refractivity contribution in [1.82, 2.24) is 20.2 Å². The quantitative estimate of drug-likeness (QED) is 0.559. The topological polar surface area (TPSA) is 82.3 Å². The van der Waals surface area contributed by atoms with Gasteiger partial charge in [0.1, 0.15) is 5.75 Å². The molecule has 0 spiro atoms. The number of aromatic nitrogens is 2. The van der Waals surface area contributed by atoms with Crippen LogP contribution in [0.25, 0.3) is 11.0 Å². The number of likely N-dealkylation sites (N-methyl/N-ethyl adjacent to an activating group) is 1. The minimum absolute atomic E-state index is 0.188. The van der Waals surface area contributed by atoms with Crippen molar-refractivity contribution >= 4 is 28.6 Å². The number of hydrogen-bond acceptors (Lipinski definition) is 5. The van der Waals surface area contributed by atoms with Gasteiger partial charge in [-0.25, -0.2) is 4.98 Å². The molecule has 0 saturated heterocycles. The number of halogens is 3. The first kappa shape index (κ1) is 20.5. The second-order valence-electron chi connectivity index (χ2n) is 6.57. The predicted molar refractivity (Wildman–Crippen MR) is 103 cm³/mol. The predicted octanol–water partition coefficient (Wildman–Crippen LogP) is 3.50. The van der Waals surface area contributed by atoms with E-state index in [0.717, 1.165) is 12.1 Å². The Bertz CT molecular complexity index is 984. The van der Waals surface area contributed by atoms with Crippen LogP contribution in [-0.4, -0.2) is 54.3 Å². The molecule has 0 aliphatic rings. The summed E-state index contributed by atoms with van der Waals surface area (Å²) in [6.07, 6.45) is -4.73. The largest absolute Gasteiger partial charge is 0.573 e. The van der Waals surface area contributed by atoms with E-state index in [-0.39, 0.29) is 11.7 Å². The lowest BCUT2D eigenvalue weighted by molar-refractivity contribution is -0.274. The van der Waals surface area contributed by atoms with Crippen LogP contribution in [0, 0.1) is 0 Å². The summed E-state index contributed by atoms with van der Waals surface area (Å²) in [6.45, 7) is 1.27. The van der Waals surface area contributed by atoms with E-state index in [0.29, 0.717) is 29.3 Å². The molecular formula is C19H20F3N5O2. The van der Waals surface area contributed by atoms with Crippen LogP contribution >= 0.6 is 0 Å². The van der Waals surface area contributed by atoms with Crippen molar-refractivity contribution in [3.63, 3.8) is 0 Å². The van der Waals surface area contributed by atoms with Crippen molar-refractivity contribution in [2.24, 2.45) is 0 Å². The van der Waals surface area contributed by atoms with Gasteiger partial charge in [-0.2, -0.15) is 0 Å². The molecule has 7 nitrogen and oxygen atoms in total. The number of hydrogen-bond donors (Lipinski definition) is 3. The summed E-state index contributed by atoms with van der Waals surface area (Å²) < 4.78 is 40.5. The van der Waals surface area contributed by atoms with Crippen LogP contribution in [0.3, 0.4) is 0 Å². The number of nitrogens with zero attached hydrogens (tertiary/aromatic N) is 2. The van der Waals surface area contributed by atoms with Crippen molar-refractivity contribution in [2.45, 2.75) is 6.36 Å². The van der Waals surface area contributed by atoms with E-state index >= 15 is 0 Å². The Labute approximate surface area is 164 Å². The maximum absolute atomic E-state index is 12.2. The van der Waals surface area contributed by atoms with E-state index in [2.05, 4.69) is 25.3 Å². The van der Waals surface area contributed by atoms with E-state index in [1.165, 1.54) is 24.3 Å². The highest BCUT2D eigenvalue weighted by molar-refractivity contribution is 5.97. The van der Waals surface area contributed by atoms with Gasteiger partial charge >= 0.3 is 6.36 Å². The third-order valence-electron chi connectivity index (χ3n) is 3.94. The zero-order valence-corrected chi connectivity index (χ0v) is 15.8. The van der Waals surface area contributed by atoms with Gasteiger partial charge in [0.05, 0.1) is 11.0 Å². The molecule has 3 N–H and O–H groups in total. The van der Waals surface area contributed by atoms with Crippen LogP contribution < -0.4 is 15.4 Å². The Morgan fingerprint density at radius 2 is 1.90 bits per heavy atom. The molecule has 0 aliphatic heterocycles. The van der Waals surface area contributed by atoms with Crippen LogP contribution in [0.15, 0.2) is 42.5 Å². The summed E-state index contributed by atoms with van der Waals surface area (Å²) in [5, 5.41) is 5.81. The summed E-state index contributed by atoms with van der Waals surface area (Å²) in [7, 11) is 3.85. The van der Waals surface area contributed by atoms with Crippen molar-refractivity contribution in [3.8, 4) is 5.75 Å². The fraction of sp³-hybridized carbons (Fsp3) is 0.263. The highest BCUT2D eigenvalue weighted by Crippen LogP contribution is 2.25. The molecule has 0 radical (unpaired) electrons. The summed E-state index contributed by atoms with van der Waals surface area (Å²) in [5.74, 6) is -0.0984. The number of anilines is 2. The lowest BCUT2D eigenvalue weighted by Gasteiger charge is -2.10. The fourth-order valence-electron chi connectivity index (χ4n) is 2.58. The number of benzene rings is 2. The van der Waals surface area contributed by atoms with Gasteiger partial charge in [0.25, 0.3) is 5.91 Å². The lowest BCUT2D eigenvalue weighted by atomic mass is 10.2. The van der Waals surface area contributed by atoms with Gasteiger partial charge in [-0.3, -0.25) is 4.79 Å². The number of carbonyl (C=O) groups is 1. The van der Waals surface area contributed by atoms with E-state index in [1.807, 2.05) is 19.0 Å². The number of carbonyl (C=O) groups excluding carboxylic acids is 1. The van der Waals surface area contributed by atoms with Crippen molar-refractivity contribution < 1.29 is 22.7 Å². The van der Waals surface area contributed by atoms with Gasteiger partial charge in [-0.1, -0.05) is 0 Å². The van der Waals surface area contributed by atoms with Gasteiger partial charge in [-0.05, 0) is 56.6 Å². The first-order chi connectivity index (χ1) is 13.7. The molecule has 0 unspecified atom stereocenters. The van der Waals surface area contributed by atoms with Crippen LogP contribution in [-0.2, 0) is 0 Å². The highest BCUT2D eigenvalue weighted by atomic mass is 19.4. The number of rotatable bonds is 7. The van der Waals surface area contributed by atoms with Crippen molar-refractivity contribution in [2.75, 3.05) is 32.5 Å². The number of alkyl halides is 3. The summed E-state index contributed by atoms with van der Waals surface area (Å²) in [5.41, 5.74) is 2.32. The Hall–Kier alpha value is -3.27. The molecule has 3 rings (SSSR count). The molecule has 1 heterocycles. The fourth-order valence-corrected chi connectivity index (χ4v) is 2.58. The summed E-state index contributed by atoms with van der Waals surface area (Å²) in [4.78, 5) is 21.6. The molecule has 154 valence electrons. The molecule has 0 fully saturated rings. The number of imidazole rings is 1. The summed E-state index contributed by atoms with van der Waals surface area (Å²) in [6, 6.07) is 10.4. The molecule has 29 heavy (non-hydrogen) atoms. The Kier molecular flexibility index (Phi) is 5.92. The molecular weight excluding hydrogens is 387 g/mol. The zero-order valence-electron chi connectivity index (χ0n) is 15.8. The molecule has 0 atom stereocenters. The highest BCUT2D eigenvalue weighted by Gasteiger charge is 2.30. The number of nitrogens with one attached hydrogen (secondary N) is 3. The molecule has 1 aromatic heterocycles. The van der Waals surface area contributed by atoms with Crippen molar-refractivity contribution in [3.05, 3.63) is 48.0 Å². The molecule has 10 heteroatoms. The maximum Gasteiger partial charge on any atom is 0.573 e. The number of H-pyrrole nitrogens is 1. The molecule has 2 aromatic carbocycles. The van der Waals surface area contributed by atoms with Gasteiger partial charge in [-0.15, -0.1) is 13.2 Å². The van der Waals surface area contributed by atoms with Crippen LogP contribution in [0.5, 0.6) is 5.75 Å². The van der Waals surface area contributed by atoms with Gasteiger partial charge in [0, 0.05) is 24.3 Å². The van der Waals surface area contributed by atoms with E-state index in [4.69, 9.17) is 0 Å². The van der Waals surface area contributed by atoms with Crippen LogP contribution in [0.1, 0.15) is 10.4 Å². The first-order valence-electron chi connectivity index (χ1n) is 8.75. The van der Waals surface area contributed by atoms with E-state index in [1.54, 1.807) is 18.2 Å². The van der Waals surface area contributed by atoms with Crippen LogP contribution in [0.4, 0.5) is 24.8 Å². The Morgan fingerprint density at radius 3 is 2.55 bits per heavy atom. The van der Waals surface area contributed by atoms with E-state index in [9.17, 15) is 18.0 Å². The lowest BCUT2D eigenvalue weighted by Crippen LogP contribution is -2.31.